The minimum absolute atomic E-state index is 0.294. The maximum absolute atomic E-state index is 5.60. The predicted molar refractivity (Wildman–Crippen MR) is 72.4 cm³/mol. The highest BCUT2D eigenvalue weighted by Gasteiger charge is 2.08. The zero-order valence-electron chi connectivity index (χ0n) is 10.2. The fraction of sp³-hybridized carbons (Fsp3) is 0.538. The van der Waals surface area contributed by atoms with E-state index in [-0.39, 0.29) is 0 Å². The summed E-state index contributed by atoms with van der Waals surface area (Å²) < 4.78 is 0. The third kappa shape index (κ3) is 4.16. The van der Waals surface area contributed by atoms with Crippen LogP contribution in [0.1, 0.15) is 44.2 Å². The lowest BCUT2D eigenvalue weighted by atomic mass is 10.0. The van der Waals surface area contributed by atoms with Crippen LogP contribution < -0.4 is 11.3 Å². The largest absolute Gasteiger partial charge is 0.271 e. The minimum Gasteiger partial charge on any atom is -0.271 e. The Morgan fingerprint density at radius 3 is 2.44 bits per heavy atom. The van der Waals surface area contributed by atoms with Crippen molar-refractivity contribution in [2.75, 3.05) is 6.26 Å². The van der Waals surface area contributed by atoms with Crippen molar-refractivity contribution in [1.29, 1.82) is 0 Å². The molecule has 0 aliphatic carbocycles. The van der Waals surface area contributed by atoms with Crippen LogP contribution in [0.25, 0.3) is 0 Å². The highest BCUT2D eigenvalue weighted by atomic mass is 32.2. The Hall–Kier alpha value is -0.510. The van der Waals surface area contributed by atoms with Gasteiger partial charge in [-0.1, -0.05) is 38.3 Å². The molecular formula is C13H22N2S. The number of hydrogen-bond donors (Lipinski definition) is 2. The second-order valence-corrected chi connectivity index (χ2v) is 4.87. The Morgan fingerprint density at radius 1 is 1.25 bits per heavy atom. The molecule has 16 heavy (non-hydrogen) atoms. The van der Waals surface area contributed by atoms with Crippen LogP contribution in [0.2, 0.25) is 0 Å². The van der Waals surface area contributed by atoms with Gasteiger partial charge in [-0.2, -0.15) is 0 Å². The summed E-state index contributed by atoms with van der Waals surface area (Å²) in [5.41, 5.74) is 4.20. The summed E-state index contributed by atoms with van der Waals surface area (Å²) in [5, 5.41) is 0. The van der Waals surface area contributed by atoms with E-state index in [9.17, 15) is 0 Å². The van der Waals surface area contributed by atoms with Gasteiger partial charge in [0.05, 0.1) is 0 Å². The van der Waals surface area contributed by atoms with Crippen molar-refractivity contribution < 1.29 is 0 Å². The molecule has 0 saturated carbocycles. The van der Waals surface area contributed by atoms with Crippen molar-refractivity contribution in [2.45, 2.75) is 43.5 Å². The first kappa shape index (κ1) is 13.6. The molecule has 0 fully saturated rings. The van der Waals surface area contributed by atoms with E-state index < -0.39 is 0 Å². The second-order valence-electron chi connectivity index (χ2n) is 3.99. The first-order valence-corrected chi connectivity index (χ1v) is 7.14. The number of nitrogens with two attached hydrogens (primary N) is 1. The maximum Gasteiger partial charge on any atom is 0.0460 e. The molecular weight excluding hydrogens is 216 g/mol. The van der Waals surface area contributed by atoms with E-state index in [4.69, 9.17) is 5.84 Å². The molecule has 0 aromatic heterocycles. The van der Waals surface area contributed by atoms with E-state index >= 15 is 0 Å². The van der Waals surface area contributed by atoms with Crippen LogP contribution in [0.3, 0.4) is 0 Å². The average Bonchev–Trinajstić information content (AvgIpc) is 2.35. The molecule has 90 valence electrons. The zero-order valence-corrected chi connectivity index (χ0v) is 11.0. The first-order chi connectivity index (χ1) is 7.81. The van der Waals surface area contributed by atoms with E-state index in [0.29, 0.717) is 6.04 Å². The third-order valence-corrected chi connectivity index (χ3v) is 3.56. The van der Waals surface area contributed by atoms with Crippen molar-refractivity contribution in [3.63, 3.8) is 0 Å². The molecule has 0 amide bonds. The summed E-state index contributed by atoms with van der Waals surface area (Å²) in [6, 6.07) is 8.95. The summed E-state index contributed by atoms with van der Waals surface area (Å²) in [5.74, 6) is 5.60. The van der Waals surface area contributed by atoms with Crippen molar-refractivity contribution in [2.24, 2.45) is 5.84 Å². The molecule has 0 aliphatic rings. The molecule has 0 radical (unpaired) electrons. The van der Waals surface area contributed by atoms with E-state index in [1.165, 1.54) is 29.7 Å². The number of hydrogen-bond acceptors (Lipinski definition) is 3. The van der Waals surface area contributed by atoms with Crippen LogP contribution in [0, 0.1) is 0 Å². The molecule has 1 rings (SSSR count). The molecule has 1 aromatic carbocycles. The SMILES string of the molecule is CCCCCC(NN)c1ccc(SC)cc1. The summed E-state index contributed by atoms with van der Waals surface area (Å²) in [6.45, 7) is 2.22. The Labute approximate surface area is 103 Å². The van der Waals surface area contributed by atoms with Gasteiger partial charge in [0.15, 0.2) is 0 Å². The smallest absolute Gasteiger partial charge is 0.0460 e. The van der Waals surface area contributed by atoms with Gasteiger partial charge in [-0.3, -0.25) is 11.3 Å². The summed E-state index contributed by atoms with van der Waals surface area (Å²) in [7, 11) is 0. The van der Waals surface area contributed by atoms with Crippen molar-refractivity contribution in [3.05, 3.63) is 29.8 Å². The lowest BCUT2D eigenvalue weighted by molar-refractivity contribution is 0.486. The molecule has 0 heterocycles. The van der Waals surface area contributed by atoms with Gasteiger partial charge in [-0.05, 0) is 30.4 Å². The van der Waals surface area contributed by atoms with Gasteiger partial charge in [0.2, 0.25) is 0 Å². The molecule has 2 nitrogen and oxygen atoms in total. The van der Waals surface area contributed by atoms with Crippen LogP contribution in [-0.2, 0) is 0 Å². The topological polar surface area (TPSA) is 38.0 Å². The van der Waals surface area contributed by atoms with Gasteiger partial charge >= 0.3 is 0 Å². The molecule has 1 unspecified atom stereocenters. The molecule has 1 aromatic rings. The monoisotopic (exact) mass is 238 g/mol. The van der Waals surface area contributed by atoms with E-state index in [2.05, 4.69) is 42.9 Å². The number of rotatable bonds is 7. The van der Waals surface area contributed by atoms with Gasteiger partial charge in [-0.25, -0.2) is 0 Å². The van der Waals surface area contributed by atoms with Gasteiger partial charge in [0.1, 0.15) is 0 Å². The highest BCUT2D eigenvalue weighted by Crippen LogP contribution is 2.22. The Kier molecular flexibility index (Phi) is 6.53. The molecule has 0 aliphatic heterocycles. The molecule has 1 atom stereocenters. The molecule has 0 bridgehead atoms. The van der Waals surface area contributed by atoms with Gasteiger partial charge < -0.3 is 0 Å². The van der Waals surface area contributed by atoms with Gasteiger partial charge in [0, 0.05) is 10.9 Å². The average molecular weight is 238 g/mol. The van der Waals surface area contributed by atoms with Crippen LogP contribution in [0.4, 0.5) is 0 Å². The van der Waals surface area contributed by atoms with Crippen LogP contribution >= 0.6 is 11.8 Å². The molecule has 3 heteroatoms. The first-order valence-electron chi connectivity index (χ1n) is 5.92. The number of hydrazine groups is 1. The van der Waals surface area contributed by atoms with Crippen LogP contribution in [-0.4, -0.2) is 6.26 Å². The number of thioether (sulfide) groups is 1. The zero-order chi connectivity index (χ0) is 11.8. The predicted octanol–water partition coefficient (Wildman–Crippen LogP) is 3.49. The number of nitrogens with one attached hydrogen (secondary N) is 1. The minimum atomic E-state index is 0.294. The third-order valence-electron chi connectivity index (χ3n) is 2.82. The fourth-order valence-electron chi connectivity index (χ4n) is 1.78. The number of unbranched alkanes of at least 4 members (excludes halogenated alkanes) is 2. The highest BCUT2D eigenvalue weighted by molar-refractivity contribution is 7.98. The van der Waals surface area contributed by atoms with Crippen molar-refractivity contribution in [1.82, 2.24) is 5.43 Å². The van der Waals surface area contributed by atoms with E-state index in [1.54, 1.807) is 11.8 Å². The summed E-state index contributed by atoms with van der Waals surface area (Å²) in [4.78, 5) is 1.30. The Morgan fingerprint density at radius 2 is 1.94 bits per heavy atom. The Balaban J connectivity index is 2.56. The lowest BCUT2D eigenvalue weighted by Gasteiger charge is -2.16. The standard InChI is InChI=1S/C13H22N2S/c1-3-4-5-6-13(15-14)11-7-9-12(16-2)10-8-11/h7-10,13,15H,3-6,14H2,1-2H3. The second kappa shape index (κ2) is 7.71. The number of benzene rings is 1. The van der Waals surface area contributed by atoms with E-state index in [1.807, 2.05) is 0 Å². The van der Waals surface area contributed by atoms with Gasteiger partial charge in [0.25, 0.3) is 0 Å². The molecule has 3 N–H and O–H groups in total. The Bertz CT molecular complexity index is 284. The van der Waals surface area contributed by atoms with Crippen molar-refractivity contribution in [3.8, 4) is 0 Å². The van der Waals surface area contributed by atoms with Crippen molar-refractivity contribution >= 4 is 11.8 Å². The maximum atomic E-state index is 5.60. The lowest BCUT2D eigenvalue weighted by Crippen LogP contribution is -2.27. The summed E-state index contributed by atoms with van der Waals surface area (Å²) in [6.07, 6.45) is 6.97. The molecule has 0 saturated heterocycles. The van der Waals surface area contributed by atoms with Crippen LogP contribution in [0.5, 0.6) is 0 Å². The van der Waals surface area contributed by atoms with E-state index in [0.717, 1.165) is 6.42 Å². The van der Waals surface area contributed by atoms with Crippen LogP contribution in [0.15, 0.2) is 29.2 Å². The normalized spacial score (nSPS) is 12.7. The molecule has 0 spiro atoms. The summed E-state index contributed by atoms with van der Waals surface area (Å²) >= 11 is 1.77. The fourth-order valence-corrected chi connectivity index (χ4v) is 2.19. The van der Waals surface area contributed by atoms with Gasteiger partial charge in [-0.15, -0.1) is 11.8 Å². The quantitative estimate of drug-likeness (QED) is 0.330.